The number of aryl methyl sites for hydroxylation is 1. The Morgan fingerprint density at radius 3 is 2.65 bits per heavy atom. The van der Waals surface area contributed by atoms with Gasteiger partial charge in [-0.1, -0.05) is 0 Å². The van der Waals surface area contributed by atoms with Crippen LogP contribution in [-0.4, -0.2) is 66.0 Å². The van der Waals surface area contributed by atoms with Crippen molar-refractivity contribution in [1.29, 1.82) is 0 Å². The molecule has 4 aromatic rings. The number of rotatable bonds is 8. The third-order valence-corrected chi connectivity index (χ3v) is 6.17. The molecule has 3 N–H and O–H groups in total. The highest BCUT2D eigenvalue weighted by Gasteiger charge is 2.18. The Hall–Kier alpha value is -4.38. The minimum absolute atomic E-state index is 0.0449. The summed E-state index contributed by atoms with van der Waals surface area (Å²) in [6.45, 7) is 2.92. The zero-order valence-corrected chi connectivity index (χ0v) is 20.6. The molecule has 1 aromatic carbocycles. The van der Waals surface area contributed by atoms with Crippen molar-refractivity contribution < 1.29 is 18.4 Å². The van der Waals surface area contributed by atoms with Crippen LogP contribution in [0.5, 0.6) is 5.75 Å². The van der Waals surface area contributed by atoms with Gasteiger partial charge in [-0.15, -0.1) is 0 Å². The van der Waals surface area contributed by atoms with Gasteiger partial charge in [0.15, 0.2) is 5.75 Å². The van der Waals surface area contributed by atoms with Gasteiger partial charge in [-0.05, 0) is 31.2 Å². The molecule has 0 atom stereocenters. The zero-order chi connectivity index (χ0) is 28.3. The Bertz CT molecular complexity index is 1500. The van der Waals surface area contributed by atoms with Crippen molar-refractivity contribution in [3.63, 3.8) is 0 Å². The molecule has 0 spiro atoms. The summed E-state index contributed by atoms with van der Waals surface area (Å²) in [7, 11) is 1.56. The van der Waals surface area contributed by atoms with Crippen molar-refractivity contribution in [2.24, 2.45) is 0 Å². The van der Waals surface area contributed by atoms with Gasteiger partial charge >= 0.3 is 0 Å². The van der Waals surface area contributed by atoms with Crippen LogP contribution in [0.4, 0.5) is 28.7 Å². The van der Waals surface area contributed by atoms with Crippen LogP contribution in [0.15, 0.2) is 48.9 Å². The van der Waals surface area contributed by atoms with Gasteiger partial charge in [-0.3, -0.25) is 9.48 Å². The Morgan fingerprint density at radius 2 is 1.92 bits per heavy atom. The molecule has 1 amide bonds. The Labute approximate surface area is 219 Å². The van der Waals surface area contributed by atoms with Crippen molar-refractivity contribution in [1.82, 2.24) is 25.1 Å². The van der Waals surface area contributed by atoms with Gasteiger partial charge in [0.1, 0.15) is 17.2 Å². The van der Waals surface area contributed by atoms with E-state index in [2.05, 4.69) is 30.6 Å². The molecule has 5 rings (SSSR count). The van der Waals surface area contributed by atoms with Crippen molar-refractivity contribution in [2.45, 2.75) is 13.5 Å². The topological polar surface area (TPSA) is 118 Å². The standard InChI is InChI=1S/C26H30N8O3/c1-4-34-24-17(14-30-34)5-7-20(25(24)36-3)31-21-13-23(29-16-19(21)26(35)27-2)32-22-8-6-18(15-28-22)33-9-11-37-12-10-33/h5-8,13-16H,4,9-12H2,1-3H3,(H,27,35)(H2,28,29,31,32)/i2D3. The fraction of sp³-hybridized carbons (Fsp3) is 0.308. The van der Waals surface area contributed by atoms with Gasteiger partial charge in [0.25, 0.3) is 5.91 Å². The van der Waals surface area contributed by atoms with Crippen LogP contribution < -0.4 is 25.6 Å². The lowest BCUT2D eigenvalue weighted by Gasteiger charge is -2.28. The van der Waals surface area contributed by atoms with E-state index in [9.17, 15) is 4.79 Å². The van der Waals surface area contributed by atoms with E-state index in [0.717, 1.165) is 29.7 Å². The maximum absolute atomic E-state index is 12.9. The van der Waals surface area contributed by atoms with E-state index in [1.165, 1.54) is 6.20 Å². The molecule has 11 heteroatoms. The van der Waals surface area contributed by atoms with Gasteiger partial charge in [-0.2, -0.15) is 5.10 Å². The van der Waals surface area contributed by atoms with Gasteiger partial charge < -0.3 is 30.3 Å². The third kappa shape index (κ3) is 4.98. The molecule has 11 nitrogen and oxygen atoms in total. The third-order valence-electron chi connectivity index (χ3n) is 6.17. The van der Waals surface area contributed by atoms with Crippen LogP contribution in [0.3, 0.4) is 0 Å². The van der Waals surface area contributed by atoms with Crippen molar-refractivity contribution in [3.8, 4) is 5.75 Å². The first kappa shape index (κ1) is 20.8. The summed E-state index contributed by atoms with van der Waals surface area (Å²) in [5, 5.41) is 13.7. The summed E-state index contributed by atoms with van der Waals surface area (Å²) in [6.07, 6.45) is 4.85. The van der Waals surface area contributed by atoms with Crippen LogP contribution in [0, 0.1) is 0 Å². The number of fused-ring (bicyclic) bond motifs is 1. The molecular formula is C26H30N8O3. The van der Waals surface area contributed by atoms with E-state index in [1.54, 1.807) is 25.6 Å². The first-order valence-electron chi connectivity index (χ1n) is 13.4. The fourth-order valence-electron chi connectivity index (χ4n) is 4.31. The van der Waals surface area contributed by atoms with Gasteiger partial charge in [-0.25, -0.2) is 9.97 Å². The number of pyridine rings is 2. The molecule has 0 radical (unpaired) electrons. The Balaban J connectivity index is 1.47. The number of anilines is 5. The van der Waals surface area contributed by atoms with Gasteiger partial charge in [0.05, 0.1) is 55.3 Å². The number of hydrogen-bond acceptors (Lipinski definition) is 9. The smallest absolute Gasteiger partial charge is 0.254 e. The van der Waals surface area contributed by atoms with Crippen LogP contribution in [0.2, 0.25) is 0 Å². The van der Waals surface area contributed by atoms with Crippen molar-refractivity contribution in [3.05, 3.63) is 54.5 Å². The monoisotopic (exact) mass is 505 g/mol. The second-order valence-corrected chi connectivity index (χ2v) is 8.36. The molecule has 3 aromatic heterocycles. The summed E-state index contributed by atoms with van der Waals surface area (Å²) in [6, 6.07) is 9.13. The van der Waals surface area contributed by atoms with E-state index in [1.807, 2.05) is 41.2 Å². The number of nitrogens with zero attached hydrogens (tertiary/aromatic N) is 5. The number of ether oxygens (including phenoxy) is 2. The predicted octanol–water partition coefficient (Wildman–Crippen LogP) is 3.54. The largest absolute Gasteiger partial charge is 0.492 e. The first-order chi connectivity index (χ1) is 19.3. The molecule has 0 aliphatic carbocycles. The quantitative estimate of drug-likeness (QED) is 0.330. The molecule has 0 saturated carbocycles. The van der Waals surface area contributed by atoms with Crippen LogP contribution in [0.25, 0.3) is 10.9 Å². The van der Waals surface area contributed by atoms with E-state index in [4.69, 9.17) is 13.6 Å². The average molecular weight is 506 g/mol. The molecule has 0 bridgehead atoms. The summed E-state index contributed by atoms with van der Waals surface area (Å²) in [4.78, 5) is 24.0. The molecule has 1 aliphatic rings. The molecule has 1 aliphatic heterocycles. The number of carbonyl (C=O) groups is 1. The molecule has 192 valence electrons. The second-order valence-electron chi connectivity index (χ2n) is 8.36. The van der Waals surface area contributed by atoms with Crippen LogP contribution >= 0.6 is 0 Å². The van der Waals surface area contributed by atoms with Crippen LogP contribution in [0.1, 0.15) is 21.4 Å². The lowest BCUT2D eigenvalue weighted by atomic mass is 10.1. The van der Waals surface area contributed by atoms with E-state index < -0.39 is 12.9 Å². The fourth-order valence-corrected chi connectivity index (χ4v) is 4.31. The number of benzene rings is 1. The highest BCUT2D eigenvalue weighted by Crippen LogP contribution is 2.36. The Kier molecular flexibility index (Phi) is 6.01. The van der Waals surface area contributed by atoms with E-state index in [0.29, 0.717) is 48.5 Å². The average Bonchev–Trinajstić information content (AvgIpc) is 3.36. The predicted molar refractivity (Wildman–Crippen MR) is 143 cm³/mol. The number of hydrogen-bond donors (Lipinski definition) is 3. The summed E-state index contributed by atoms with van der Waals surface area (Å²) < 4.78 is 35.4. The number of methoxy groups -OCH3 is 1. The van der Waals surface area contributed by atoms with Gasteiger partial charge in [0, 0.05) is 48.4 Å². The molecule has 37 heavy (non-hydrogen) atoms. The minimum atomic E-state index is -2.67. The summed E-state index contributed by atoms with van der Waals surface area (Å²) in [5.74, 6) is 0.693. The minimum Gasteiger partial charge on any atom is -0.492 e. The van der Waals surface area contributed by atoms with E-state index in [-0.39, 0.29) is 5.56 Å². The SMILES string of the molecule is [2H]C([2H])([2H])NC(=O)c1cnc(Nc2ccc(N3CCOCC3)cn2)cc1Nc1ccc2cnn(CC)c2c1OC. The number of nitrogens with one attached hydrogen (secondary N) is 3. The molecule has 1 fully saturated rings. The zero-order valence-electron chi connectivity index (χ0n) is 23.6. The molecule has 4 heterocycles. The van der Waals surface area contributed by atoms with Gasteiger partial charge in [0.2, 0.25) is 0 Å². The maximum Gasteiger partial charge on any atom is 0.254 e. The summed E-state index contributed by atoms with van der Waals surface area (Å²) >= 11 is 0. The maximum atomic E-state index is 12.9. The second kappa shape index (κ2) is 10.7. The first-order valence-corrected chi connectivity index (χ1v) is 11.9. The number of carbonyl (C=O) groups excluding carboxylic acids is 1. The normalized spacial score (nSPS) is 15.0. The molecular weight excluding hydrogens is 472 g/mol. The summed E-state index contributed by atoms with van der Waals surface area (Å²) in [5.41, 5.74) is 2.72. The lowest BCUT2D eigenvalue weighted by Crippen LogP contribution is -2.36. The highest BCUT2D eigenvalue weighted by molar-refractivity contribution is 6.01. The number of amides is 1. The van der Waals surface area contributed by atoms with Crippen LogP contribution in [-0.2, 0) is 11.3 Å². The number of aromatic nitrogens is 4. The molecule has 0 unspecified atom stereocenters. The molecule has 1 saturated heterocycles. The lowest BCUT2D eigenvalue weighted by molar-refractivity contribution is 0.0963. The highest BCUT2D eigenvalue weighted by atomic mass is 16.5. The van der Waals surface area contributed by atoms with Crippen molar-refractivity contribution >= 4 is 45.5 Å². The van der Waals surface area contributed by atoms with E-state index >= 15 is 0 Å². The number of morpholine rings is 1. The van der Waals surface area contributed by atoms with Crippen molar-refractivity contribution in [2.75, 3.05) is 55.9 Å². The Morgan fingerprint density at radius 1 is 1.08 bits per heavy atom.